The van der Waals surface area contributed by atoms with Gasteiger partial charge in [0.15, 0.2) is 0 Å². The van der Waals surface area contributed by atoms with Gasteiger partial charge in [0.2, 0.25) is 15.9 Å². The highest BCUT2D eigenvalue weighted by Gasteiger charge is 2.27. The molecule has 0 atom stereocenters. The third-order valence-corrected chi connectivity index (χ3v) is 7.51. The average Bonchev–Trinajstić information content (AvgIpc) is 2.75. The maximum absolute atomic E-state index is 13.3. The number of benzene rings is 3. The molecule has 0 fully saturated rings. The average molecular weight is 542 g/mol. The number of carbonyl (C=O) groups excluding carboxylic acids is 1. The molecular formula is C22H19BrCl2N2O3S. The van der Waals surface area contributed by atoms with Crippen LogP contribution in [0.3, 0.4) is 0 Å². The molecule has 162 valence electrons. The first-order chi connectivity index (χ1) is 14.8. The summed E-state index contributed by atoms with van der Waals surface area (Å²) in [7, 11) is -3.91. The summed E-state index contributed by atoms with van der Waals surface area (Å²) in [6, 6.07) is 20.6. The second-order valence-electron chi connectivity index (χ2n) is 6.67. The summed E-state index contributed by atoms with van der Waals surface area (Å²) in [6.45, 7) is -0.251. The Morgan fingerprint density at radius 2 is 1.52 bits per heavy atom. The molecule has 3 aromatic carbocycles. The predicted molar refractivity (Wildman–Crippen MR) is 128 cm³/mol. The van der Waals surface area contributed by atoms with E-state index in [0.717, 1.165) is 14.3 Å². The normalized spacial score (nSPS) is 11.5. The van der Waals surface area contributed by atoms with E-state index >= 15 is 0 Å². The van der Waals surface area contributed by atoms with Gasteiger partial charge in [-0.05, 0) is 48.4 Å². The lowest BCUT2D eigenvalue weighted by molar-refractivity contribution is -0.116. The van der Waals surface area contributed by atoms with Crippen molar-refractivity contribution in [1.82, 2.24) is 4.31 Å². The van der Waals surface area contributed by atoms with E-state index in [2.05, 4.69) is 21.2 Å². The topological polar surface area (TPSA) is 66.5 Å². The molecule has 9 heteroatoms. The third-order valence-electron chi connectivity index (χ3n) is 4.49. The van der Waals surface area contributed by atoms with Crippen LogP contribution in [0.15, 0.2) is 82.2 Å². The number of halogens is 3. The van der Waals surface area contributed by atoms with E-state index in [1.54, 1.807) is 30.3 Å². The Morgan fingerprint density at radius 1 is 0.903 bits per heavy atom. The van der Waals surface area contributed by atoms with Crippen molar-refractivity contribution in [2.75, 3.05) is 18.4 Å². The predicted octanol–water partition coefficient (Wildman–Crippen LogP) is 5.63. The number of nitrogens with one attached hydrogen (secondary N) is 1. The first-order valence-corrected chi connectivity index (χ1v) is 12.3. The van der Waals surface area contributed by atoms with Crippen molar-refractivity contribution in [1.29, 1.82) is 0 Å². The molecular weight excluding hydrogens is 523 g/mol. The number of anilines is 1. The molecule has 0 saturated heterocycles. The van der Waals surface area contributed by atoms with E-state index in [1.165, 1.54) is 12.1 Å². The monoisotopic (exact) mass is 540 g/mol. The summed E-state index contributed by atoms with van der Waals surface area (Å²) < 4.78 is 28.4. The third kappa shape index (κ3) is 6.30. The molecule has 5 nitrogen and oxygen atoms in total. The first-order valence-electron chi connectivity index (χ1n) is 9.31. The molecule has 0 saturated carbocycles. The minimum atomic E-state index is -3.91. The van der Waals surface area contributed by atoms with Gasteiger partial charge in [-0.3, -0.25) is 4.79 Å². The van der Waals surface area contributed by atoms with Crippen molar-refractivity contribution >= 4 is 60.7 Å². The van der Waals surface area contributed by atoms with Gasteiger partial charge >= 0.3 is 0 Å². The van der Waals surface area contributed by atoms with E-state index in [4.69, 9.17) is 23.2 Å². The van der Waals surface area contributed by atoms with Crippen LogP contribution in [0.2, 0.25) is 10.0 Å². The summed E-state index contributed by atoms with van der Waals surface area (Å²) in [6.07, 6.45) is 0.455. The van der Waals surface area contributed by atoms with Crippen LogP contribution in [0.4, 0.5) is 5.69 Å². The van der Waals surface area contributed by atoms with Crippen LogP contribution in [0.1, 0.15) is 5.56 Å². The Kier molecular flexibility index (Phi) is 8.13. The summed E-state index contributed by atoms with van der Waals surface area (Å²) in [5, 5.41) is 3.16. The SMILES string of the molecule is O=C(CN(CCc1ccccc1)S(=O)(=O)c1ccc(Br)cc1)Nc1c(Cl)cccc1Cl. The van der Waals surface area contributed by atoms with Crippen molar-refractivity contribution in [3.63, 3.8) is 0 Å². The molecule has 0 spiro atoms. The highest BCUT2D eigenvalue weighted by Crippen LogP contribution is 2.30. The molecule has 0 radical (unpaired) electrons. The van der Waals surface area contributed by atoms with Gasteiger partial charge in [0.25, 0.3) is 0 Å². The van der Waals surface area contributed by atoms with Gasteiger partial charge in [0, 0.05) is 11.0 Å². The largest absolute Gasteiger partial charge is 0.322 e. The fourth-order valence-electron chi connectivity index (χ4n) is 2.89. The molecule has 0 aliphatic heterocycles. The smallest absolute Gasteiger partial charge is 0.243 e. The highest BCUT2D eigenvalue weighted by atomic mass is 79.9. The van der Waals surface area contributed by atoms with Crippen LogP contribution in [0.5, 0.6) is 0 Å². The Balaban J connectivity index is 1.84. The van der Waals surface area contributed by atoms with Gasteiger partial charge in [-0.25, -0.2) is 8.42 Å². The zero-order valence-corrected chi connectivity index (χ0v) is 20.2. The second kappa shape index (κ2) is 10.6. The van der Waals surface area contributed by atoms with Gasteiger partial charge < -0.3 is 5.32 Å². The molecule has 0 bridgehead atoms. The van der Waals surface area contributed by atoms with Crippen molar-refractivity contribution in [2.45, 2.75) is 11.3 Å². The van der Waals surface area contributed by atoms with Gasteiger partial charge in [-0.2, -0.15) is 4.31 Å². The Morgan fingerprint density at radius 3 is 2.13 bits per heavy atom. The van der Waals surface area contributed by atoms with E-state index in [9.17, 15) is 13.2 Å². The molecule has 3 rings (SSSR count). The van der Waals surface area contributed by atoms with E-state index in [-0.39, 0.29) is 33.7 Å². The number of hydrogen-bond acceptors (Lipinski definition) is 3. The molecule has 1 N–H and O–H groups in total. The van der Waals surface area contributed by atoms with Crippen LogP contribution >= 0.6 is 39.1 Å². The zero-order valence-electron chi connectivity index (χ0n) is 16.3. The lowest BCUT2D eigenvalue weighted by Gasteiger charge is -2.22. The number of hydrogen-bond donors (Lipinski definition) is 1. The van der Waals surface area contributed by atoms with Gasteiger partial charge in [0.05, 0.1) is 27.2 Å². The quantitative estimate of drug-likeness (QED) is 0.402. The maximum Gasteiger partial charge on any atom is 0.243 e. The fraction of sp³-hybridized carbons (Fsp3) is 0.136. The Hall–Kier alpha value is -1.90. The summed E-state index contributed by atoms with van der Waals surface area (Å²) in [4.78, 5) is 12.8. The molecule has 0 heterocycles. The number of rotatable bonds is 8. The zero-order chi connectivity index (χ0) is 22.4. The molecule has 3 aromatic rings. The molecule has 0 aromatic heterocycles. The van der Waals surface area contributed by atoms with Crippen molar-refractivity contribution in [2.24, 2.45) is 0 Å². The van der Waals surface area contributed by atoms with Gasteiger partial charge in [-0.15, -0.1) is 0 Å². The molecule has 0 aliphatic rings. The van der Waals surface area contributed by atoms with Gasteiger partial charge in [-0.1, -0.05) is 75.5 Å². The number of sulfonamides is 1. The molecule has 1 amide bonds. The first kappa shape index (κ1) is 23.8. The molecule has 31 heavy (non-hydrogen) atoms. The Labute approximate surface area is 200 Å². The lowest BCUT2D eigenvalue weighted by atomic mass is 10.1. The number of nitrogens with zero attached hydrogens (tertiary/aromatic N) is 1. The summed E-state index contributed by atoms with van der Waals surface area (Å²) >= 11 is 15.5. The molecule has 0 aliphatic carbocycles. The lowest BCUT2D eigenvalue weighted by Crippen LogP contribution is -2.39. The van der Waals surface area contributed by atoms with E-state index < -0.39 is 15.9 Å². The minimum Gasteiger partial charge on any atom is -0.322 e. The number of para-hydroxylation sites is 1. The van der Waals surface area contributed by atoms with Crippen LogP contribution in [-0.2, 0) is 21.2 Å². The van der Waals surface area contributed by atoms with Crippen LogP contribution in [0, 0.1) is 0 Å². The maximum atomic E-state index is 13.3. The fourth-order valence-corrected chi connectivity index (χ4v) is 5.05. The van der Waals surface area contributed by atoms with Crippen LogP contribution in [-0.4, -0.2) is 31.7 Å². The van der Waals surface area contributed by atoms with Crippen molar-refractivity contribution in [3.8, 4) is 0 Å². The van der Waals surface area contributed by atoms with Crippen molar-refractivity contribution in [3.05, 3.63) is 92.9 Å². The standard InChI is InChI=1S/C22H19BrCl2N2O3S/c23-17-9-11-18(12-10-17)31(29,30)27(14-13-16-5-2-1-3-6-16)15-21(28)26-22-19(24)7-4-8-20(22)25/h1-12H,13-15H2,(H,26,28). The van der Waals surface area contributed by atoms with Crippen molar-refractivity contribution < 1.29 is 13.2 Å². The number of carbonyl (C=O) groups is 1. The van der Waals surface area contributed by atoms with Crippen LogP contribution in [0.25, 0.3) is 0 Å². The summed E-state index contributed by atoms with van der Waals surface area (Å²) in [5.74, 6) is -0.538. The number of amides is 1. The Bertz CT molecular complexity index is 1140. The molecule has 0 unspecified atom stereocenters. The van der Waals surface area contributed by atoms with E-state index in [0.29, 0.717) is 6.42 Å². The highest BCUT2D eigenvalue weighted by molar-refractivity contribution is 9.10. The van der Waals surface area contributed by atoms with Crippen LogP contribution < -0.4 is 5.32 Å². The second-order valence-corrected chi connectivity index (χ2v) is 10.3. The summed E-state index contributed by atoms with van der Waals surface area (Å²) in [5.41, 5.74) is 1.22. The van der Waals surface area contributed by atoms with Gasteiger partial charge in [0.1, 0.15) is 0 Å². The minimum absolute atomic E-state index is 0.104. The van der Waals surface area contributed by atoms with E-state index in [1.807, 2.05) is 30.3 Å².